The number of imidazole rings is 1. The Morgan fingerprint density at radius 1 is 0.448 bits per heavy atom. The second-order valence-electron chi connectivity index (χ2n) is 22.1. The van der Waals surface area contributed by atoms with E-state index in [-0.39, 0.29) is 67.6 Å². The number of nitrogens with zero attached hydrogens (tertiary/aromatic N) is 7. The standard InChI is InChI=1S/2C8H13N.C7H12N2.C7H11NO.2C7H11NS.C5H10N4.4CH4/c2*1-8(2,3)7-5-4-6-9-7;4*1-7(2,3)6-8-4-5-9-6;1-5(2,3)4-6-8-9-7-4;;;;/h2*4-6,9H,1-3H3;4-5H,1-3H3,(H,8,9);3*4-5H,1-3H3;1-3H3,(H,6,7,8,9);4*1H4. The van der Waals surface area contributed by atoms with E-state index in [1.165, 1.54) is 21.4 Å². The van der Waals surface area contributed by atoms with Crippen LogP contribution in [0.1, 0.15) is 214 Å². The molecule has 0 saturated heterocycles. The van der Waals surface area contributed by atoms with Gasteiger partial charge in [-0.2, -0.15) is 5.21 Å². The first-order valence-corrected chi connectivity index (χ1v) is 23.2. The average molecular weight is 969 g/mol. The molecule has 0 amide bonds. The topological polar surface area (TPSA) is 167 Å². The van der Waals surface area contributed by atoms with Crippen LogP contribution in [-0.4, -0.2) is 55.5 Å². The monoisotopic (exact) mass is 968 g/mol. The number of aromatic amines is 4. The summed E-state index contributed by atoms with van der Waals surface area (Å²) in [5.41, 5.74) is 3.79. The van der Waals surface area contributed by atoms with E-state index in [0.29, 0.717) is 0 Å². The fraction of sp³-hybridized carbons (Fsp3) is 0.604. The second kappa shape index (κ2) is 29.9. The van der Waals surface area contributed by atoms with Gasteiger partial charge in [-0.15, -0.1) is 32.9 Å². The van der Waals surface area contributed by atoms with Crippen LogP contribution in [0.5, 0.6) is 0 Å². The number of nitrogens with one attached hydrogen (secondary N) is 4. The summed E-state index contributed by atoms with van der Waals surface area (Å²) in [4.78, 5) is 26.0. The van der Waals surface area contributed by atoms with Gasteiger partial charge in [0.15, 0.2) is 11.7 Å². The number of aromatic nitrogens is 11. The molecular formula is C53H97N11OS2. The van der Waals surface area contributed by atoms with Crippen LogP contribution in [0, 0.1) is 0 Å². The Morgan fingerprint density at radius 2 is 0.896 bits per heavy atom. The molecule has 0 atom stereocenters. The number of tetrazole rings is 1. The van der Waals surface area contributed by atoms with Gasteiger partial charge in [0.1, 0.15) is 12.1 Å². The summed E-state index contributed by atoms with van der Waals surface area (Å²) in [7, 11) is 0. The maximum Gasteiger partial charge on any atom is 0.199 e. The van der Waals surface area contributed by atoms with Crippen molar-refractivity contribution in [1.82, 2.24) is 55.5 Å². The van der Waals surface area contributed by atoms with Gasteiger partial charge in [-0.1, -0.05) is 180 Å². The number of hydrogen-bond acceptors (Lipinski definition) is 10. The van der Waals surface area contributed by atoms with Crippen LogP contribution in [0.3, 0.4) is 0 Å². The van der Waals surface area contributed by atoms with Crippen molar-refractivity contribution in [3.63, 3.8) is 0 Å². The smallest absolute Gasteiger partial charge is 0.199 e. The molecule has 7 heterocycles. The van der Waals surface area contributed by atoms with Crippen molar-refractivity contribution in [2.24, 2.45) is 0 Å². The largest absolute Gasteiger partial charge is 0.448 e. The highest BCUT2D eigenvalue weighted by Gasteiger charge is 2.20. The predicted octanol–water partition coefficient (Wildman–Crippen LogP) is 16.2. The first-order valence-electron chi connectivity index (χ1n) is 21.5. The molecule has 67 heavy (non-hydrogen) atoms. The van der Waals surface area contributed by atoms with Gasteiger partial charge >= 0.3 is 0 Å². The molecule has 0 fully saturated rings. The van der Waals surface area contributed by atoms with Gasteiger partial charge in [0.05, 0.1) is 16.2 Å². The molecule has 0 unspecified atom stereocenters. The lowest BCUT2D eigenvalue weighted by molar-refractivity contribution is 0.392. The molecule has 0 radical (unpaired) electrons. The Hall–Kier alpha value is -4.69. The molecule has 0 aliphatic carbocycles. The lowest BCUT2D eigenvalue weighted by Crippen LogP contribution is -2.13. The fourth-order valence-electron chi connectivity index (χ4n) is 4.53. The van der Waals surface area contributed by atoms with E-state index in [1.807, 2.05) is 74.6 Å². The molecule has 0 saturated carbocycles. The van der Waals surface area contributed by atoms with Crippen molar-refractivity contribution in [3.8, 4) is 0 Å². The van der Waals surface area contributed by atoms with Gasteiger partial charge in [-0.25, -0.2) is 19.9 Å². The maximum atomic E-state index is 5.09. The quantitative estimate of drug-likeness (QED) is 0.117. The summed E-state index contributed by atoms with van der Waals surface area (Å²) in [6.45, 7) is 44.9. The molecule has 12 nitrogen and oxygen atoms in total. The van der Waals surface area contributed by atoms with Crippen LogP contribution in [0.4, 0.5) is 0 Å². The van der Waals surface area contributed by atoms with Crippen molar-refractivity contribution >= 4 is 22.7 Å². The van der Waals surface area contributed by atoms with Crippen molar-refractivity contribution in [2.45, 2.75) is 213 Å². The van der Waals surface area contributed by atoms with Crippen LogP contribution in [-0.2, 0) is 37.9 Å². The van der Waals surface area contributed by atoms with Crippen molar-refractivity contribution in [3.05, 3.63) is 124 Å². The predicted molar refractivity (Wildman–Crippen MR) is 293 cm³/mol. The number of thiazole rings is 2. The molecule has 0 aliphatic rings. The Morgan fingerprint density at radius 3 is 1.04 bits per heavy atom. The molecule has 0 spiro atoms. The highest BCUT2D eigenvalue weighted by atomic mass is 32.1. The van der Waals surface area contributed by atoms with Gasteiger partial charge in [0.25, 0.3) is 0 Å². The van der Waals surface area contributed by atoms with Gasteiger partial charge in [-0.3, -0.25) is 0 Å². The summed E-state index contributed by atoms with van der Waals surface area (Å²) >= 11 is 3.44. The second-order valence-corrected chi connectivity index (χ2v) is 23.9. The van der Waals surface area contributed by atoms with Crippen molar-refractivity contribution in [1.29, 1.82) is 0 Å². The molecule has 4 N–H and O–H groups in total. The normalized spacial score (nSPS) is 11.2. The molecular weight excluding hydrogens is 871 g/mol. The molecule has 7 rings (SSSR count). The third-order valence-corrected chi connectivity index (χ3v) is 10.7. The van der Waals surface area contributed by atoms with E-state index in [9.17, 15) is 0 Å². The van der Waals surface area contributed by atoms with E-state index >= 15 is 0 Å². The summed E-state index contributed by atoms with van der Waals surface area (Å²) < 4.78 is 5.09. The molecule has 0 aromatic carbocycles. The number of hydrogen-bond donors (Lipinski definition) is 4. The summed E-state index contributed by atoms with van der Waals surface area (Å²) in [6.07, 6.45) is 14.5. The van der Waals surface area contributed by atoms with Gasteiger partial charge in [0, 0.05) is 97.2 Å². The fourth-order valence-corrected chi connectivity index (χ4v) is 5.98. The third kappa shape index (κ3) is 29.0. The van der Waals surface area contributed by atoms with E-state index in [4.69, 9.17) is 4.42 Å². The number of rotatable bonds is 0. The van der Waals surface area contributed by atoms with E-state index < -0.39 is 0 Å². The third-order valence-electron chi connectivity index (χ3n) is 8.26. The molecule has 0 bridgehead atoms. The zero-order valence-electron chi connectivity index (χ0n) is 42.4. The average Bonchev–Trinajstić information content (AvgIpc) is 4.02. The van der Waals surface area contributed by atoms with Gasteiger partial charge in [-0.05, 0) is 24.3 Å². The molecule has 0 aliphatic heterocycles. The minimum Gasteiger partial charge on any atom is -0.448 e. The Balaban J connectivity index is -0.000000342. The molecule has 7 aromatic rings. The SMILES string of the molecule is C.C.C.C.CC(C)(C)c1ccc[nH]1.CC(C)(C)c1ccc[nH]1.CC(C)(C)c1ncc[nH]1.CC(C)(C)c1ncco1.CC(C)(C)c1nccs1.CC(C)(C)c1nccs1.CC(C)(C)c1nn[nH]n1. The van der Waals surface area contributed by atoms with E-state index in [0.717, 1.165) is 17.5 Å². The van der Waals surface area contributed by atoms with Crippen molar-refractivity contribution in [2.75, 3.05) is 0 Å². The Bertz CT molecular complexity index is 1630. The van der Waals surface area contributed by atoms with E-state index in [2.05, 4.69) is 192 Å². The first kappa shape index (κ1) is 68.9. The lowest BCUT2D eigenvalue weighted by Gasteiger charge is -2.15. The van der Waals surface area contributed by atoms with Gasteiger partial charge < -0.3 is 19.4 Å². The number of H-pyrrole nitrogens is 4. The maximum absolute atomic E-state index is 5.09. The highest BCUT2D eigenvalue weighted by Crippen LogP contribution is 2.25. The van der Waals surface area contributed by atoms with Crippen LogP contribution in [0.2, 0.25) is 0 Å². The molecule has 7 aromatic heterocycles. The van der Waals surface area contributed by atoms with Crippen LogP contribution in [0.25, 0.3) is 0 Å². The number of oxazole rings is 1. The zero-order chi connectivity index (χ0) is 48.3. The highest BCUT2D eigenvalue weighted by molar-refractivity contribution is 7.09. The molecule has 382 valence electrons. The Labute approximate surface area is 417 Å². The van der Waals surface area contributed by atoms with Crippen LogP contribution >= 0.6 is 22.7 Å². The summed E-state index contributed by atoms with van der Waals surface area (Å²) in [5, 5.41) is 20.0. The Kier molecular flexibility index (Phi) is 30.8. The van der Waals surface area contributed by atoms with Crippen molar-refractivity contribution < 1.29 is 4.42 Å². The van der Waals surface area contributed by atoms with E-state index in [1.54, 1.807) is 41.3 Å². The minimum atomic E-state index is 0. The minimum absolute atomic E-state index is 0. The van der Waals surface area contributed by atoms with Crippen LogP contribution in [0.15, 0.2) is 89.1 Å². The van der Waals surface area contributed by atoms with Crippen LogP contribution < -0.4 is 0 Å². The molecule has 14 heteroatoms. The first-order chi connectivity index (χ1) is 28.7. The lowest BCUT2D eigenvalue weighted by atomic mass is 9.93. The zero-order valence-corrected chi connectivity index (χ0v) is 44.1. The summed E-state index contributed by atoms with van der Waals surface area (Å²) in [5.74, 6) is 2.59. The summed E-state index contributed by atoms with van der Waals surface area (Å²) in [6, 6.07) is 8.28. The van der Waals surface area contributed by atoms with Gasteiger partial charge in [0.2, 0.25) is 0 Å².